The summed E-state index contributed by atoms with van der Waals surface area (Å²) < 4.78 is 22.7. The van der Waals surface area contributed by atoms with Crippen LogP contribution in [0.25, 0.3) is 0 Å². The standard InChI is InChI=1S/C12H15FO3/c1-2-3-7-15-12(14)9-16-11-6-4-5-10(13)8-11/h4-6,8H,2-3,7,9H2,1H3. The molecule has 0 atom stereocenters. The lowest BCUT2D eigenvalue weighted by molar-refractivity contribution is -0.146. The molecule has 4 heteroatoms. The van der Waals surface area contributed by atoms with Crippen molar-refractivity contribution < 1.29 is 18.7 Å². The van der Waals surface area contributed by atoms with E-state index in [2.05, 4.69) is 0 Å². The Kier molecular flexibility index (Phi) is 5.32. The topological polar surface area (TPSA) is 35.5 Å². The largest absolute Gasteiger partial charge is 0.482 e. The number of hydrogen-bond donors (Lipinski definition) is 0. The molecule has 88 valence electrons. The third-order valence-corrected chi connectivity index (χ3v) is 1.91. The van der Waals surface area contributed by atoms with Crippen LogP contribution < -0.4 is 4.74 Å². The molecule has 1 aromatic carbocycles. The molecule has 0 heterocycles. The fraction of sp³-hybridized carbons (Fsp3) is 0.417. The summed E-state index contributed by atoms with van der Waals surface area (Å²) in [6, 6.07) is 5.64. The van der Waals surface area contributed by atoms with Crippen LogP contribution in [0.2, 0.25) is 0 Å². The van der Waals surface area contributed by atoms with Gasteiger partial charge in [0, 0.05) is 6.07 Å². The molecule has 0 radical (unpaired) electrons. The number of ether oxygens (including phenoxy) is 2. The SMILES string of the molecule is CCCCOC(=O)COc1cccc(F)c1. The molecule has 0 aromatic heterocycles. The van der Waals surface area contributed by atoms with Crippen LogP contribution >= 0.6 is 0 Å². The zero-order chi connectivity index (χ0) is 11.8. The van der Waals surface area contributed by atoms with E-state index in [4.69, 9.17) is 9.47 Å². The number of carbonyl (C=O) groups excluding carboxylic acids is 1. The van der Waals surface area contributed by atoms with Gasteiger partial charge in [0.1, 0.15) is 11.6 Å². The number of benzene rings is 1. The predicted molar refractivity (Wildman–Crippen MR) is 57.8 cm³/mol. The number of unbranched alkanes of at least 4 members (excludes halogenated alkanes) is 1. The van der Waals surface area contributed by atoms with Crippen molar-refractivity contribution in [3.63, 3.8) is 0 Å². The van der Waals surface area contributed by atoms with Crippen molar-refractivity contribution in [3.8, 4) is 5.75 Å². The van der Waals surface area contributed by atoms with E-state index in [0.717, 1.165) is 12.8 Å². The summed E-state index contributed by atoms with van der Waals surface area (Å²) in [6.07, 6.45) is 1.81. The van der Waals surface area contributed by atoms with Gasteiger partial charge in [-0.25, -0.2) is 9.18 Å². The zero-order valence-electron chi connectivity index (χ0n) is 9.24. The molecular formula is C12H15FO3. The van der Waals surface area contributed by atoms with E-state index in [1.807, 2.05) is 6.92 Å². The molecule has 0 N–H and O–H groups in total. The molecular weight excluding hydrogens is 211 g/mol. The van der Waals surface area contributed by atoms with Crippen LogP contribution in [-0.4, -0.2) is 19.2 Å². The second kappa shape index (κ2) is 6.82. The van der Waals surface area contributed by atoms with Crippen molar-refractivity contribution in [1.29, 1.82) is 0 Å². The highest BCUT2D eigenvalue weighted by Gasteiger charge is 2.04. The smallest absolute Gasteiger partial charge is 0.344 e. The molecule has 0 amide bonds. The van der Waals surface area contributed by atoms with Gasteiger partial charge in [0.05, 0.1) is 6.61 Å². The van der Waals surface area contributed by atoms with E-state index in [1.165, 1.54) is 18.2 Å². The molecule has 0 spiro atoms. The number of halogens is 1. The minimum atomic E-state index is -0.433. The van der Waals surface area contributed by atoms with Crippen LogP contribution in [0.5, 0.6) is 5.75 Å². The lowest BCUT2D eigenvalue weighted by Gasteiger charge is -2.06. The monoisotopic (exact) mass is 226 g/mol. The van der Waals surface area contributed by atoms with Crippen molar-refractivity contribution in [1.82, 2.24) is 0 Å². The zero-order valence-corrected chi connectivity index (χ0v) is 9.24. The molecule has 0 saturated carbocycles. The number of esters is 1. The normalized spacial score (nSPS) is 9.88. The molecule has 3 nitrogen and oxygen atoms in total. The van der Waals surface area contributed by atoms with Gasteiger partial charge >= 0.3 is 5.97 Å². The van der Waals surface area contributed by atoms with Gasteiger partial charge < -0.3 is 9.47 Å². The van der Waals surface area contributed by atoms with Gasteiger partial charge in [-0.15, -0.1) is 0 Å². The van der Waals surface area contributed by atoms with E-state index in [1.54, 1.807) is 6.07 Å². The molecule has 0 unspecified atom stereocenters. The maximum absolute atomic E-state index is 12.7. The first-order valence-corrected chi connectivity index (χ1v) is 5.26. The molecule has 0 aliphatic heterocycles. The lowest BCUT2D eigenvalue weighted by Crippen LogP contribution is -2.15. The van der Waals surface area contributed by atoms with Crippen LogP contribution in [0.4, 0.5) is 4.39 Å². The van der Waals surface area contributed by atoms with Crippen LogP contribution in [0, 0.1) is 5.82 Å². The Morgan fingerprint density at radius 3 is 2.94 bits per heavy atom. The first-order chi connectivity index (χ1) is 7.72. The summed E-state index contributed by atoms with van der Waals surface area (Å²) >= 11 is 0. The maximum Gasteiger partial charge on any atom is 0.344 e. The summed E-state index contributed by atoms with van der Waals surface area (Å²) in [4.78, 5) is 11.1. The van der Waals surface area contributed by atoms with E-state index < -0.39 is 11.8 Å². The summed E-state index contributed by atoms with van der Waals surface area (Å²) in [5, 5.41) is 0. The van der Waals surface area contributed by atoms with Crippen molar-refractivity contribution >= 4 is 5.97 Å². The third-order valence-electron chi connectivity index (χ3n) is 1.91. The number of rotatable bonds is 6. The van der Waals surface area contributed by atoms with Gasteiger partial charge in [-0.3, -0.25) is 0 Å². The highest BCUT2D eigenvalue weighted by atomic mass is 19.1. The Hall–Kier alpha value is -1.58. The molecule has 0 aliphatic carbocycles. The maximum atomic E-state index is 12.7. The van der Waals surface area contributed by atoms with Crippen LogP contribution in [0.3, 0.4) is 0 Å². The van der Waals surface area contributed by atoms with Gasteiger partial charge in [-0.2, -0.15) is 0 Å². The average molecular weight is 226 g/mol. The second-order valence-corrected chi connectivity index (χ2v) is 3.32. The van der Waals surface area contributed by atoms with Crippen molar-refractivity contribution in [3.05, 3.63) is 30.1 Å². The van der Waals surface area contributed by atoms with Gasteiger partial charge in [0.25, 0.3) is 0 Å². The Labute approximate surface area is 94.2 Å². The molecule has 0 saturated heterocycles. The summed E-state index contributed by atoms with van der Waals surface area (Å²) in [6.45, 7) is 2.23. The summed E-state index contributed by atoms with van der Waals surface area (Å²) in [7, 11) is 0. The Balaban J connectivity index is 2.26. The van der Waals surface area contributed by atoms with E-state index in [-0.39, 0.29) is 6.61 Å². The Morgan fingerprint density at radius 1 is 1.44 bits per heavy atom. The number of hydrogen-bond acceptors (Lipinski definition) is 3. The number of carbonyl (C=O) groups is 1. The fourth-order valence-corrected chi connectivity index (χ4v) is 1.07. The van der Waals surface area contributed by atoms with E-state index in [9.17, 15) is 9.18 Å². The van der Waals surface area contributed by atoms with Crippen molar-refractivity contribution in [2.24, 2.45) is 0 Å². The first-order valence-electron chi connectivity index (χ1n) is 5.26. The lowest BCUT2D eigenvalue weighted by atomic mass is 10.3. The molecule has 0 bridgehead atoms. The van der Waals surface area contributed by atoms with E-state index >= 15 is 0 Å². The van der Waals surface area contributed by atoms with Gasteiger partial charge in [-0.1, -0.05) is 19.4 Å². The van der Waals surface area contributed by atoms with Crippen LogP contribution in [0.1, 0.15) is 19.8 Å². The molecule has 1 aromatic rings. The minimum Gasteiger partial charge on any atom is -0.482 e. The van der Waals surface area contributed by atoms with E-state index in [0.29, 0.717) is 12.4 Å². The Morgan fingerprint density at radius 2 is 2.25 bits per heavy atom. The third kappa shape index (κ3) is 4.77. The highest BCUT2D eigenvalue weighted by Crippen LogP contribution is 2.11. The predicted octanol–water partition coefficient (Wildman–Crippen LogP) is 2.55. The van der Waals surface area contributed by atoms with Crippen molar-refractivity contribution in [2.45, 2.75) is 19.8 Å². The summed E-state index contributed by atoms with van der Waals surface area (Å²) in [5.74, 6) is -0.498. The second-order valence-electron chi connectivity index (χ2n) is 3.32. The molecule has 1 rings (SSSR count). The van der Waals surface area contributed by atoms with Crippen molar-refractivity contribution in [2.75, 3.05) is 13.2 Å². The van der Waals surface area contributed by atoms with Gasteiger partial charge in [-0.05, 0) is 18.6 Å². The minimum absolute atomic E-state index is 0.187. The highest BCUT2D eigenvalue weighted by molar-refractivity contribution is 5.71. The summed E-state index contributed by atoms with van der Waals surface area (Å²) in [5.41, 5.74) is 0. The van der Waals surface area contributed by atoms with Gasteiger partial charge in [0.15, 0.2) is 6.61 Å². The molecule has 16 heavy (non-hydrogen) atoms. The fourth-order valence-electron chi connectivity index (χ4n) is 1.07. The van der Waals surface area contributed by atoms with Crippen LogP contribution in [0.15, 0.2) is 24.3 Å². The first kappa shape index (κ1) is 12.5. The van der Waals surface area contributed by atoms with Crippen LogP contribution in [-0.2, 0) is 9.53 Å². The molecule has 0 fully saturated rings. The Bertz CT molecular complexity index is 339. The molecule has 0 aliphatic rings. The van der Waals surface area contributed by atoms with Gasteiger partial charge in [0.2, 0.25) is 0 Å². The average Bonchev–Trinajstić information content (AvgIpc) is 2.27. The quantitative estimate of drug-likeness (QED) is 0.552.